The second kappa shape index (κ2) is 4.93. The molecule has 0 spiro atoms. The van der Waals surface area contributed by atoms with Gasteiger partial charge in [-0.1, -0.05) is 6.07 Å². The highest BCUT2D eigenvalue weighted by molar-refractivity contribution is 5.86. The molecule has 0 amide bonds. The van der Waals surface area contributed by atoms with E-state index >= 15 is 0 Å². The minimum absolute atomic E-state index is 0.0105. The molecule has 0 saturated carbocycles. The number of rotatable bonds is 2. The van der Waals surface area contributed by atoms with E-state index in [1.807, 2.05) is 0 Å². The molecule has 2 rings (SSSR count). The van der Waals surface area contributed by atoms with Gasteiger partial charge in [0.15, 0.2) is 0 Å². The highest BCUT2D eigenvalue weighted by Gasteiger charge is 2.30. The molecule has 0 unspecified atom stereocenters. The third kappa shape index (κ3) is 3.05. The molecule has 0 atom stereocenters. The van der Waals surface area contributed by atoms with Gasteiger partial charge in [-0.3, -0.25) is 5.32 Å². The fourth-order valence-electron chi connectivity index (χ4n) is 1.74. The molecule has 1 N–H and O–H groups in total. The number of hydrogen-bond acceptors (Lipinski definition) is 4. The van der Waals surface area contributed by atoms with Crippen LogP contribution in [-0.4, -0.2) is 19.2 Å². The minimum atomic E-state index is -4.43. The number of carboxylic acids is 1. The second-order valence-corrected chi connectivity index (χ2v) is 4.04. The molecule has 0 aliphatic carbocycles. The molecular formula is C12H10F3N2O2-. The molecular weight excluding hydrogens is 261 g/mol. The van der Waals surface area contributed by atoms with Gasteiger partial charge in [-0.25, -0.2) is 0 Å². The molecule has 1 aliphatic heterocycles. The van der Waals surface area contributed by atoms with E-state index in [1.165, 1.54) is 23.2 Å². The van der Waals surface area contributed by atoms with Crippen LogP contribution in [0.15, 0.2) is 36.0 Å². The van der Waals surface area contributed by atoms with E-state index in [0.717, 1.165) is 12.1 Å². The first-order valence-electron chi connectivity index (χ1n) is 5.44. The molecule has 0 aromatic heterocycles. The Morgan fingerprint density at radius 2 is 2.11 bits per heavy atom. The van der Waals surface area contributed by atoms with Crippen molar-refractivity contribution in [3.63, 3.8) is 0 Å². The Kier molecular flexibility index (Phi) is 3.48. The van der Waals surface area contributed by atoms with Gasteiger partial charge in [0, 0.05) is 24.0 Å². The Hall–Kier alpha value is -2.02. The summed E-state index contributed by atoms with van der Waals surface area (Å²) in [5.41, 5.74) is -0.525. The van der Waals surface area contributed by atoms with Crippen molar-refractivity contribution in [2.75, 3.05) is 18.1 Å². The molecule has 4 nitrogen and oxygen atoms in total. The van der Waals surface area contributed by atoms with Crippen molar-refractivity contribution < 1.29 is 23.1 Å². The highest BCUT2D eigenvalue weighted by Crippen LogP contribution is 2.31. The van der Waals surface area contributed by atoms with Crippen molar-refractivity contribution >= 4 is 11.7 Å². The summed E-state index contributed by atoms with van der Waals surface area (Å²) in [5.74, 6) is -1.34. The number of carbonyl (C=O) groups is 1. The number of benzene rings is 1. The van der Waals surface area contributed by atoms with E-state index in [1.54, 1.807) is 0 Å². The SMILES string of the molecule is O=C([O-])C1=CN(c2cccc(C(F)(F)F)c2)CNC1. The van der Waals surface area contributed by atoms with E-state index in [4.69, 9.17) is 0 Å². The van der Waals surface area contributed by atoms with E-state index in [9.17, 15) is 23.1 Å². The van der Waals surface area contributed by atoms with E-state index in [-0.39, 0.29) is 24.5 Å². The number of alkyl halides is 3. The Labute approximate surface area is 107 Å². The molecule has 1 heterocycles. The summed E-state index contributed by atoms with van der Waals surface area (Å²) in [6.07, 6.45) is -3.15. The van der Waals surface area contributed by atoms with Crippen LogP contribution >= 0.6 is 0 Å². The van der Waals surface area contributed by atoms with Gasteiger partial charge >= 0.3 is 6.18 Å². The first-order chi connectivity index (χ1) is 8.88. The zero-order chi connectivity index (χ0) is 14.0. The summed E-state index contributed by atoms with van der Waals surface area (Å²) in [6.45, 7) is 0.357. The van der Waals surface area contributed by atoms with Gasteiger partial charge in [0.25, 0.3) is 0 Å². The van der Waals surface area contributed by atoms with Crippen molar-refractivity contribution in [2.24, 2.45) is 0 Å². The normalized spacial score (nSPS) is 16.2. The molecule has 0 radical (unpaired) electrons. The molecule has 19 heavy (non-hydrogen) atoms. The van der Waals surface area contributed by atoms with Gasteiger partial charge in [0.2, 0.25) is 0 Å². The van der Waals surface area contributed by atoms with Crippen molar-refractivity contribution in [1.29, 1.82) is 0 Å². The summed E-state index contributed by atoms with van der Waals surface area (Å²) in [6, 6.07) is 4.69. The van der Waals surface area contributed by atoms with Crippen LogP contribution in [0.3, 0.4) is 0 Å². The summed E-state index contributed by atoms with van der Waals surface area (Å²) < 4.78 is 37.8. The Bertz CT molecular complexity index is 526. The second-order valence-electron chi connectivity index (χ2n) is 4.04. The molecule has 102 valence electrons. The van der Waals surface area contributed by atoms with Crippen LogP contribution in [-0.2, 0) is 11.0 Å². The number of anilines is 1. The number of carbonyl (C=O) groups excluding carboxylic acids is 1. The van der Waals surface area contributed by atoms with Crippen LogP contribution in [0, 0.1) is 0 Å². The van der Waals surface area contributed by atoms with Crippen molar-refractivity contribution in [3.8, 4) is 0 Å². The molecule has 1 aromatic carbocycles. The largest absolute Gasteiger partial charge is 0.545 e. The lowest BCUT2D eigenvalue weighted by atomic mass is 10.1. The Balaban J connectivity index is 2.32. The summed E-state index contributed by atoms with van der Waals surface area (Å²) in [4.78, 5) is 12.1. The van der Waals surface area contributed by atoms with Gasteiger partial charge in [0.1, 0.15) is 0 Å². The standard InChI is InChI=1S/C12H11F3N2O2/c13-12(14,15)9-2-1-3-10(4-9)17-6-8(11(18)19)5-16-7-17/h1-4,6,16H,5,7H2,(H,18,19)/p-1. The number of halogens is 3. The zero-order valence-corrected chi connectivity index (χ0v) is 9.70. The fraction of sp³-hybridized carbons (Fsp3) is 0.250. The van der Waals surface area contributed by atoms with Crippen LogP contribution in [0.4, 0.5) is 18.9 Å². The third-order valence-electron chi connectivity index (χ3n) is 2.68. The first-order valence-corrected chi connectivity index (χ1v) is 5.44. The van der Waals surface area contributed by atoms with E-state index in [0.29, 0.717) is 0 Å². The predicted octanol–water partition coefficient (Wildman–Crippen LogP) is 0.706. The summed E-state index contributed by atoms with van der Waals surface area (Å²) in [5, 5.41) is 13.5. The molecule has 0 fully saturated rings. The maximum Gasteiger partial charge on any atom is 0.416 e. The topological polar surface area (TPSA) is 55.4 Å². The monoisotopic (exact) mass is 271 g/mol. The van der Waals surface area contributed by atoms with E-state index < -0.39 is 17.7 Å². The van der Waals surface area contributed by atoms with Crippen LogP contribution in [0.5, 0.6) is 0 Å². The van der Waals surface area contributed by atoms with Gasteiger partial charge < -0.3 is 14.8 Å². The lowest BCUT2D eigenvalue weighted by Gasteiger charge is -2.28. The van der Waals surface area contributed by atoms with Gasteiger partial charge in [0.05, 0.1) is 18.2 Å². The number of carboxylic acid groups (broad SMARTS) is 1. The highest BCUT2D eigenvalue weighted by atomic mass is 19.4. The Morgan fingerprint density at radius 3 is 2.74 bits per heavy atom. The lowest BCUT2D eigenvalue weighted by Crippen LogP contribution is -2.41. The molecule has 1 aromatic rings. The van der Waals surface area contributed by atoms with Gasteiger partial charge in [-0.15, -0.1) is 0 Å². The predicted molar refractivity (Wildman–Crippen MR) is 59.9 cm³/mol. The van der Waals surface area contributed by atoms with E-state index in [2.05, 4.69) is 5.32 Å². The van der Waals surface area contributed by atoms with Crippen LogP contribution < -0.4 is 15.3 Å². The fourth-order valence-corrected chi connectivity index (χ4v) is 1.74. The minimum Gasteiger partial charge on any atom is -0.545 e. The summed E-state index contributed by atoms with van der Waals surface area (Å²) >= 11 is 0. The third-order valence-corrected chi connectivity index (χ3v) is 2.68. The van der Waals surface area contributed by atoms with Crippen LogP contribution in [0.25, 0.3) is 0 Å². The first kappa shape index (κ1) is 13.4. The quantitative estimate of drug-likeness (QED) is 0.860. The van der Waals surface area contributed by atoms with Crippen molar-refractivity contribution in [3.05, 3.63) is 41.6 Å². The maximum atomic E-state index is 12.6. The Morgan fingerprint density at radius 1 is 1.37 bits per heavy atom. The average Bonchev–Trinajstić information content (AvgIpc) is 2.38. The number of aliphatic carboxylic acids is 1. The van der Waals surface area contributed by atoms with Gasteiger partial charge in [-0.05, 0) is 18.2 Å². The molecule has 1 aliphatic rings. The number of nitrogens with zero attached hydrogens (tertiary/aromatic N) is 1. The van der Waals surface area contributed by atoms with Crippen molar-refractivity contribution in [2.45, 2.75) is 6.18 Å². The number of hydrogen-bond donors (Lipinski definition) is 1. The number of nitrogens with one attached hydrogen (secondary N) is 1. The van der Waals surface area contributed by atoms with Crippen molar-refractivity contribution in [1.82, 2.24) is 5.32 Å². The lowest BCUT2D eigenvalue weighted by molar-refractivity contribution is -0.299. The van der Waals surface area contributed by atoms with Crippen LogP contribution in [0.1, 0.15) is 5.56 Å². The summed E-state index contributed by atoms with van der Waals surface area (Å²) in [7, 11) is 0. The molecule has 0 saturated heterocycles. The molecule has 7 heteroatoms. The smallest absolute Gasteiger partial charge is 0.416 e. The van der Waals surface area contributed by atoms with Gasteiger partial charge in [-0.2, -0.15) is 13.2 Å². The molecule has 0 bridgehead atoms. The zero-order valence-electron chi connectivity index (χ0n) is 9.70. The average molecular weight is 271 g/mol. The maximum absolute atomic E-state index is 12.6. The van der Waals surface area contributed by atoms with Crippen LogP contribution in [0.2, 0.25) is 0 Å².